The van der Waals surface area contributed by atoms with E-state index in [0.29, 0.717) is 26.4 Å². The molecule has 0 atom stereocenters. The first-order valence-corrected chi connectivity index (χ1v) is 19.6. The Morgan fingerprint density at radius 3 is 1.40 bits per heavy atom. The van der Waals surface area contributed by atoms with Crippen molar-refractivity contribution in [3.05, 3.63) is 12.1 Å². The van der Waals surface area contributed by atoms with Crippen molar-refractivity contribution in [2.24, 2.45) is 0 Å². The van der Waals surface area contributed by atoms with E-state index < -0.39 is 0 Å². The number of ether oxygens (including phenoxy) is 4. The first-order chi connectivity index (χ1) is 19.8. The lowest BCUT2D eigenvalue weighted by Gasteiger charge is -2.17. The molecule has 0 saturated heterocycles. The summed E-state index contributed by atoms with van der Waals surface area (Å²) in [6.45, 7) is 7.02. The number of thiophene rings is 4. The zero-order chi connectivity index (χ0) is 27.3. The number of hydrogen-bond acceptors (Lipinski definition) is 10. The molecule has 10 heteroatoms. The Morgan fingerprint density at radius 1 is 0.550 bits per heavy atom. The molecule has 2 aliphatic rings. The highest BCUT2D eigenvalue weighted by molar-refractivity contribution is 8.01. The fourth-order valence-corrected chi connectivity index (χ4v) is 12.4. The van der Waals surface area contributed by atoms with E-state index in [0.717, 1.165) is 34.5 Å². The third-order valence-electron chi connectivity index (χ3n) is 6.85. The summed E-state index contributed by atoms with van der Waals surface area (Å²) >= 11 is 11.2. The molecule has 0 saturated carbocycles. The number of unbranched alkanes of at least 4 members (excludes halogenated alkanes) is 6. The summed E-state index contributed by atoms with van der Waals surface area (Å²) in [5.41, 5.74) is 0. The van der Waals surface area contributed by atoms with Crippen LogP contribution in [0.4, 0.5) is 0 Å². The highest BCUT2D eigenvalue weighted by Crippen LogP contribution is 2.58. The van der Waals surface area contributed by atoms with Crippen LogP contribution in [0.5, 0.6) is 23.0 Å². The smallest absolute Gasteiger partial charge is 0.186 e. The lowest BCUT2D eigenvalue weighted by Crippen LogP contribution is -2.14. The zero-order valence-corrected chi connectivity index (χ0v) is 28.0. The summed E-state index contributed by atoms with van der Waals surface area (Å²) in [6, 6.07) is 4.68. The summed E-state index contributed by atoms with van der Waals surface area (Å²) in [5, 5.41) is 0. The first-order valence-electron chi connectivity index (χ1n) is 14.4. The van der Waals surface area contributed by atoms with Crippen molar-refractivity contribution in [3.8, 4) is 42.5 Å². The maximum atomic E-state index is 6.17. The summed E-state index contributed by atoms with van der Waals surface area (Å²) in [5.74, 6) is 6.08. The SMILES string of the molecule is CCCCCCSc1sc(-c2cc3sc(-c4sc(SCCCCCC)c5c4OCCO5)cc3s2)c2c1OCCO2. The maximum Gasteiger partial charge on any atom is 0.186 e. The van der Waals surface area contributed by atoms with E-state index in [1.54, 1.807) is 0 Å². The molecule has 0 fully saturated rings. The van der Waals surface area contributed by atoms with E-state index in [9.17, 15) is 0 Å². The molecule has 6 heterocycles. The normalized spacial score (nSPS) is 14.3. The number of rotatable bonds is 14. The van der Waals surface area contributed by atoms with Crippen molar-refractivity contribution in [2.45, 2.75) is 73.6 Å². The van der Waals surface area contributed by atoms with Gasteiger partial charge in [-0.25, -0.2) is 0 Å². The molecule has 6 rings (SSSR count). The van der Waals surface area contributed by atoms with Crippen LogP contribution in [0.1, 0.15) is 65.2 Å². The Morgan fingerprint density at radius 2 is 0.975 bits per heavy atom. The van der Waals surface area contributed by atoms with E-state index in [1.807, 2.05) is 68.9 Å². The van der Waals surface area contributed by atoms with E-state index in [2.05, 4.69) is 26.0 Å². The molecule has 0 aromatic carbocycles. The van der Waals surface area contributed by atoms with Gasteiger partial charge in [0.15, 0.2) is 23.0 Å². The van der Waals surface area contributed by atoms with Crippen LogP contribution in [-0.4, -0.2) is 37.9 Å². The predicted molar refractivity (Wildman–Crippen MR) is 178 cm³/mol. The fourth-order valence-electron chi connectivity index (χ4n) is 4.81. The average Bonchev–Trinajstić information content (AvgIpc) is 3.73. The summed E-state index contributed by atoms with van der Waals surface area (Å²) in [6.07, 6.45) is 10.3. The Hall–Kier alpha value is -1.04. The molecule has 4 nitrogen and oxygen atoms in total. The van der Waals surface area contributed by atoms with Crippen molar-refractivity contribution < 1.29 is 18.9 Å². The van der Waals surface area contributed by atoms with Gasteiger partial charge >= 0.3 is 0 Å². The molecule has 0 aliphatic carbocycles. The maximum absolute atomic E-state index is 6.17. The van der Waals surface area contributed by atoms with E-state index in [1.165, 1.54) is 88.7 Å². The fraction of sp³-hybridized carbons (Fsp3) is 0.533. The number of hydrogen-bond donors (Lipinski definition) is 0. The molecular weight excluding hydrogens is 617 g/mol. The van der Waals surface area contributed by atoms with Gasteiger partial charge < -0.3 is 18.9 Å². The van der Waals surface area contributed by atoms with Crippen molar-refractivity contribution in [2.75, 3.05) is 37.9 Å². The zero-order valence-electron chi connectivity index (χ0n) is 23.1. The Bertz CT molecular complexity index is 1280. The highest BCUT2D eigenvalue weighted by atomic mass is 32.2. The number of fused-ring (bicyclic) bond motifs is 3. The molecule has 4 aromatic rings. The molecule has 0 radical (unpaired) electrons. The number of thioether (sulfide) groups is 2. The Labute approximate surface area is 261 Å². The molecule has 0 spiro atoms. The second kappa shape index (κ2) is 14.0. The van der Waals surface area contributed by atoms with Gasteiger partial charge in [0.05, 0.1) is 19.5 Å². The second-order valence-corrected chi connectivity index (χ2v) is 16.9. The Balaban J connectivity index is 1.23. The summed E-state index contributed by atoms with van der Waals surface area (Å²) < 4.78 is 29.7. The van der Waals surface area contributed by atoms with Crippen LogP contribution >= 0.6 is 68.9 Å². The largest absolute Gasteiger partial charge is 0.485 e. The predicted octanol–water partition coefficient (Wildman–Crippen LogP) is 11.3. The minimum absolute atomic E-state index is 0.617. The van der Waals surface area contributed by atoms with Gasteiger partial charge in [0, 0.05) is 9.40 Å². The molecule has 2 aliphatic heterocycles. The van der Waals surface area contributed by atoms with Crippen LogP contribution in [-0.2, 0) is 0 Å². The minimum atomic E-state index is 0.617. The van der Waals surface area contributed by atoms with Crippen molar-refractivity contribution in [1.82, 2.24) is 0 Å². The van der Waals surface area contributed by atoms with E-state index in [4.69, 9.17) is 18.9 Å². The van der Waals surface area contributed by atoms with Gasteiger partial charge in [-0.3, -0.25) is 0 Å². The molecule has 0 bridgehead atoms. The van der Waals surface area contributed by atoms with Crippen LogP contribution in [0.15, 0.2) is 20.6 Å². The molecule has 216 valence electrons. The Kier molecular flexibility index (Phi) is 10.1. The van der Waals surface area contributed by atoms with Crippen LogP contribution in [0.25, 0.3) is 28.9 Å². The molecule has 40 heavy (non-hydrogen) atoms. The topological polar surface area (TPSA) is 36.9 Å². The van der Waals surface area contributed by atoms with E-state index >= 15 is 0 Å². The lowest BCUT2D eigenvalue weighted by molar-refractivity contribution is 0.170. The van der Waals surface area contributed by atoms with Crippen molar-refractivity contribution in [1.29, 1.82) is 0 Å². The third-order valence-corrected chi connectivity index (χ3v) is 14.5. The van der Waals surface area contributed by atoms with Crippen LogP contribution in [0.2, 0.25) is 0 Å². The van der Waals surface area contributed by atoms with Gasteiger partial charge in [0.25, 0.3) is 0 Å². The van der Waals surface area contributed by atoms with Gasteiger partial charge in [0.1, 0.15) is 34.8 Å². The molecule has 0 unspecified atom stereocenters. The van der Waals surface area contributed by atoms with Gasteiger partial charge in [-0.2, -0.15) is 0 Å². The van der Waals surface area contributed by atoms with Crippen LogP contribution < -0.4 is 18.9 Å². The highest BCUT2D eigenvalue weighted by Gasteiger charge is 2.29. The molecule has 4 aromatic heterocycles. The van der Waals surface area contributed by atoms with Crippen LogP contribution in [0.3, 0.4) is 0 Å². The van der Waals surface area contributed by atoms with Crippen molar-refractivity contribution in [3.63, 3.8) is 0 Å². The first kappa shape index (κ1) is 29.1. The van der Waals surface area contributed by atoms with Gasteiger partial charge in [-0.05, 0) is 36.5 Å². The second-order valence-electron chi connectivity index (χ2n) is 9.92. The molecular formula is C30H36O4S6. The van der Waals surface area contributed by atoms with Gasteiger partial charge in [-0.1, -0.05) is 52.4 Å². The molecule has 0 amide bonds. The van der Waals surface area contributed by atoms with E-state index in [-0.39, 0.29) is 0 Å². The lowest BCUT2D eigenvalue weighted by atomic mass is 10.2. The third kappa shape index (κ3) is 6.32. The average molecular weight is 653 g/mol. The summed E-state index contributed by atoms with van der Waals surface area (Å²) in [7, 11) is 0. The van der Waals surface area contributed by atoms with Gasteiger partial charge in [0.2, 0.25) is 0 Å². The standard InChI is InChI=1S/C30H36O4S6/c1-3-5-7-9-15-35-29-25-23(31-11-13-33-25)27(39-29)21-17-19-20(37-21)18-22(38-19)28-24-26(34-14-12-32-24)30(40-28)36-16-10-8-6-4-2/h17-18H,3-16H2,1-2H3. The molecule has 0 N–H and O–H groups in total. The quantitative estimate of drug-likeness (QED) is 0.0996. The van der Waals surface area contributed by atoms with Gasteiger partial charge in [-0.15, -0.1) is 68.9 Å². The van der Waals surface area contributed by atoms with Crippen molar-refractivity contribution >= 4 is 78.3 Å². The summed E-state index contributed by atoms with van der Waals surface area (Å²) in [4.78, 5) is 4.97. The monoisotopic (exact) mass is 652 g/mol. The minimum Gasteiger partial charge on any atom is -0.485 e. The van der Waals surface area contributed by atoms with Crippen LogP contribution in [0, 0.1) is 0 Å².